The lowest BCUT2D eigenvalue weighted by molar-refractivity contribution is -0.126. The molecular formula is C22H23ClN4O2. The molecule has 1 heterocycles. The summed E-state index contributed by atoms with van der Waals surface area (Å²) < 4.78 is 5.17. The molecule has 3 aromatic rings. The summed E-state index contributed by atoms with van der Waals surface area (Å²) in [6.07, 6.45) is 3.72. The highest BCUT2D eigenvalue weighted by Crippen LogP contribution is 2.42. The number of aromatic nitrogens is 3. The van der Waals surface area contributed by atoms with Crippen LogP contribution in [0.25, 0.3) is 11.4 Å². The summed E-state index contributed by atoms with van der Waals surface area (Å²) in [5.41, 5.74) is 1.34. The molecule has 0 spiro atoms. The summed E-state index contributed by atoms with van der Waals surface area (Å²) in [7, 11) is 1.63. The highest BCUT2D eigenvalue weighted by Gasteiger charge is 2.42. The molecule has 2 N–H and O–H groups in total. The molecule has 0 atom stereocenters. The first-order valence-corrected chi connectivity index (χ1v) is 10.1. The molecule has 150 valence electrons. The zero-order valence-corrected chi connectivity index (χ0v) is 17.0. The van der Waals surface area contributed by atoms with E-state index in [1.165, 1.54) is 0 Å². The van der Waals surface area contributed by atoms with Gasteiger partial charge in [-0.3, -0.25) is 9.89 Å². The monoisotopic (exact) mass is 410 g/mol. The van der Waals surface area contributed by atoms with E-state index in [0.29, 0.717) is 23.2 Å². The summed E-state index contributed by atoms with van der Waals surface area (Å²) in [6, 6.07) is 15.2. The number of hydrogen-bond acceptors (Lipinski definition) is 4. The van der Waals surface area contributed by atoms with E-state index in [1.54, 1.807) is 7.11 Å². The van der Waals surface area contributed by atoms with Crippen molar-refractivity contribution in [3.05, 3.63) is 64.9 Å². The average molecular weight is 411 g/mol. The van der Waals surface area contributed by atoms with Crippen molar-refractivity contribution in [2.45, 2.75) is 37.6 Å². The van der Waals surface area contributed by atoms with E-state index in [0.717, 1.165) is 42.6 Å². The van der Waals surface area contributed by atoms with Crippen molar-refractivity contribution in [2.75, 3.05) is 7.11 Å². The van der Waals surface area contributed by atoms with Crippen LogP contribution in [0.4, 0.5) is 0 Å². The van der Waals surface area contributed by atoms with Crippen molar-refractivity contribution in [2.24, 2.45) is 0 Å². The van der Waals surface area contributed by atoms with Gasteiger partial charge in [0.25, 0.3) is 0 Å². The largest absolute Gasteiger partial charge is 0.497 e. The van der Waals surface area contributed by atoms with Gasteiger partial charge in [-0.1, -0.05) is 36.6 Å². The Kier molecular flexibility index (Phi) is 5.53. The lowest BCUT2D eigenvalue weighted by atomic mass is 9.78. The van der Waals surface area contributed by atoms with Crippen LogP contribution in [-0.2, 0) is 16.8 Å². The molecule has 1 aliphatic carbocycles. The maximum absolute atomic E-state index is 13.2. The maximum atomic E-state index is 13.2. The molecule has 0 aliphatic heterocycles. The SMILES string of the molecule is COc1ccc(-c2n[nH]c(CNC(=O)C3(c4cccc(Cl)c4)CCCC3)n2)cc1. The number of nitrogens with one attached hydrogen (secondary N) is 2. The van der Waals surface area contributed by atoms with Gasteiger partial charge in [0, 0.05) is 10.6 Å². The number of benzene rings is 2. The van der Waals surface area contributed by atoms with Crippen molar-refractivity contribution in [3.8, 4) is 17.1 Å². The molecular weight excluding hydrogens is 388 g/mol. The Morgan fingerprint density at radius 3 is 2.66 bits per heavy atom. The van der Waals surface area contributed by atoms with Crippen LogP contribution < -0.4 is 10.1 Å². The van der Waals surface area contributed by atoms with Crippen molar-refractivity contribution in [1.82, 2.24) is 20.5 Å². The lowest BCUT2D eigenvalue weighted by Crippen LogP contribution is -2.42. The first kappa shape index (κ1) is 19.5. The Morgan fingerprint density at radius 1 is 1.21 bits per heavy atom. The Balaban J connectivity index is 1.47. The van der Waals surface area contributed by atoms with Crippen LogP contribution in [0.5, 0.6) is 5.75 Å². The second-order valence-corrected chi connectivity index (χ2v) is 7.75. The summed E-state index contributed by atoms with van der Waals surface area (Å²) in [6.45, 7) is 0.296. The molecule has 4 rings (SSSR count). The molecule has 1 aliphatic rings. The Morgan fingerprint density at radius 2 is 1.97 bits per heavy atom. The van der Waals surface area contributed by atoms with Crippen molar-refractivity contribution in [1.29, 1.82) is 0 Å². The first-order chi connectivity index (χ1) is 14.1. The molecule has 1 aromatic heterocycles. The van der Waals surface area contributed by atoms with E-state index in [1.807, 2.05) is 48.5 Å². The van der Waals surface area contributed by atoms with Crippen LogP contribution in [0.2, 0.25) is 5.02 Å². The quantitative estimate of drug-likeness (QED) is 0.636. The molecule has 7 heteroatoms. The summed E-state index contributed by atoms with van der Waals surface area (Å²) in [4.78, 5) is 17.7. The molecule has 29 heavy (non-hydrogen) atoms. The fraction of sp³-hybridized carbons (Fsp3) is 0.318. The molecule has 0 unspecified atom stereocenters. The number of rotatable bonds is 6. The van der Waals surface area contributed by atoms with Gasteiger partial charge in [0.05, 0.1) is 19.1 Å². The van der Waals surface area contributed by atoms with Crippen molar-refractivity contribution >= 4 is 17.5 Å². The number of amides is 1. The number of halogens is 1. The third-order valence-corrected chi connectivity index (χ3v) is 5.80. The predicted octanol–water partition coefficient (Wildman–Crippen LogP) is 4.26. The molecule has 0 radical (unpaired) electrons. The molecule has 0 saturated heterocycles. The van der Waals surface area contributed by atoms with E-state index in [9.17, 15) is 4.79 Å². The van der Waals surface area contributed by atoms with Crippen LogP contribution in [0.3, 0.4) is 0 Å². The average Bonchev–Trinajstić information content (AvgIpc) is 3.43. The molecule has 1 amide bonds. The fourth-order valence-corrected chi connectivity index (χ4v) is 4.18. The second-order valence-electron chi connectivity index (χ2n) is 7.32. The summed E-state index contributed by atoms with van der Waals surface area (Å²) in [5.74, 6) is 1.99. The number of nitrogens with zero attached hydrogens (tertiary/aromatic N) is 2. The molecule has 0 bridgehead atoms. The minimum absolute atomic E-state index is 0.0136. The number of carbonyl (C=O) groups excluding carboxylic acids is 1. The lowest BCUT2D eigenvalue weighted by Gasteiger charge is -2.28. The smallest absolute Gasteiger partial charge is 0.231 e. The number of H-pyrrole nitrogens is 1. The van der Waals surface area contributed by atoms with Crippen molar-refractivity contribution < 1.29 is 9.53 Å². The van der Waals surface area contributed by atoms with Gasteiger partial charge in [0.2, 0.25) is 5.91 Å². The van der Waals surface area contributed by atoms with Crippen LogP contribution in [-0.4, -0.2) is 28.2 Å². The Labute approximate surface area is 174 Å². The Hall–Kier alpha value is -2.86. The maximum Gasteiger partial charge on any atom is 0.231 e. The highest BCUT2D eigenvalue weighted by molar-refractivity contribution is 6.30. The van der Waals surface area contributed by atoms with Gasteiger partial charge in [-0.25, -0.2) is 4.98 Å². The predicted molar refractivity (Wildman–Crippen MR) is 112 cm³/mol. The van der Waals surface area contributed by atoms with Crippen molar-refractivity contribution in [3.63, 3.8) is 0 Å². The minimum atomic E-state index is -0.524. The van der Waals surface area contributed by atoms with Crippen LogP contribution in [0.1, 0.15) is 37.1 Å². The zero-order valence-electron chi connectivity index (χ0n) is 16.2. The highest BCUT2D eigenvalue weighted by atomic mass is 35.5. The number of hydrogen-bond donors (Lipinski definition) is 2. The van der Waals surface area contributed by atoms with E-state index >= 15 is 0 Å². The third-order valence-electron chi connectivity index (χ3n) is 5.57. The third kappa shape index (κ3) is 3.98. The van der Waals surface area contributed by atoms with Gasteiger partial charge in [-0.15, -0.1) is 0 Å². The standard InChI is InChI=1S/C22H23ClN4O2/c1-29-18-9-7-15(8-10-18)20-25-19(26-27-20)14-24-21(28)22(11-2-3-12-22)16-5-4-6-17(23)13-16/h4-10,13H,2-3,11-12,14H2,1H3,(H,24,28)(H,25,26,27). The van der Waals surface area contributed by atoms with Gasteiger partial charge in [-0.05, 0) is 54.8 Å². The fourth-order valence-electron chi connectivity index (χ4n) is 3.99. The molecule has 2 aromatic carbocycles. The van der Waals surface area contributed by atoms with Crippen LogP contribution in [0, 0.1) is 0 Å². The molecule has 1 saturated carbocycles. The number of methoxy groups -OCH3 is 1. The minimum Gasteiger partial charge on any atom is -0.497 e. The van der Waals surface area contributed by atoms with E-state index in [2.05, 4.69) is 20.5 Å². The van der Waals surface area contributed by atoms with Crippen LogP contribution >= 0.6 is 11.6 Å². The van der Waals surface area contributed by atoms with E-state index in [4.69, 9.17) is 16.3 Å². The first-order valence-electron chi connectivity index (χ1n) is 9.71. The topological polar surface area (TPSA) is 79.9 Å². The van der Waals surface area contributed by atoms with Gasteiger partial charge < -0.3 is 10.1 Å². The van der Waals surface area contributed by atoms with E-state index in [-0.39, 0.29) is 5.91 Å². The van der Waals surface area contributed by atoms with Gasteiger partial charge in [0.15, 0.2) is 5.82 Å². The number of carbonyl (C=O) groups is 1. The summed E-state index contributed by atoms with van der Waals surface area (Å²) >= 11 is 6.18. The zero-order chi connectivity index (χ0) is 20.3. The summed E-state index contributed by atoms with van der Waals surface area (Å²) in [5, 5.41) is 10.9. The normalized spacial score (nSPS) is 15.2. The van der Waals surface area contributed by atoms with E-state index < -0.39 is 5.41 Å². The van der Waals surface area contributed by atoms with Gasteiger partial charge in [-0.2, -0.15) is 5.10 Å². The number of aromatic amines is 1. The molecule has 1 fully saturated rings. The van der Waals surface area contributed by atoms with Crippen LogP contribution in [0.15, 0.2) is 48.5 Å². The van der Waals surface area contributed by atoms with Gasteiger partial charge >= 0.3 is 0 Å². The second kappa shape index (κ2) is 8.25. The number of ether oxygens (including phenoxy) is 1. The molecule has 6 nitrogen and oxygen atoms in total. The van der Waals surface area contributed by atoms with Gasteiger partial charge in [0.1, 0.15) is 11.6 Å². The Bertz CT molecular complexity index is 994.